The van der Waals surface area contributed by atoms with Crippen LogP contribution in [0.1, 0.15) is 22.4 Å². The summed E-state index contributed by atoms with van der Waals surface area (Å²) in [5.74, 6) is 0. The van der Waals surface area contributed by atoms with E-state index in [0.717, 1.165) is 41.6 Å². The third-order valence-electron chi connectivity index (χ3n) is 4.24. The molecule has 5 heteroatoms. The molecule has 23 heavy (non-hydrogen) atoms. The zero-order chi connectivity index (χ0) is 15.6. The molecular formula is C18H19N3OS. The SMILES string of the molecule is Cc1nc([C@@H]2COCCN2Cc2ccc3ccccc3n2)cs1. The molecule has 1 fully saturated rings. The second-order valence-corrected chi connectivity index (χ2v) is 6.91. The lowest BCUT2D eigenvalue weighted by atomic mass is 10.1. The van der Waals surface area contributed by atoms with Gasteiger partial charge < -0.3 is 4.74 Å². The Morgan fingerprint density at radius 3 is 3.00 bits per heavy atom. The van der Waals surface area contributed by atoms with Crippen molar-refractivity contribution in [2.75, 3.05) is 19.8 Å². The lowest BCUT2D eigenvalue weighted by Gasteiger charge is -2.34. The number of pyridine rings is 1. The quantitative estimate of drug-likeness (QED) is 0.738. The van der Waals surface area contributed by atoms with Crippen molar-refractivity contribution in [2.45, 2.75) is 19.5 Å². The van der Waals surface area contributed by atoms with E-state index in [9.17, 15) is 0 Å². The van der Waals surface area contributed by atoms with Gasteiger partial charge in [-0.05, 0) is 19.1 Å². The van der Waals surface area contributed by atoms with E-state index >= 15 is 0 Å². The number of hydrogen-bond donors (Lipinski definition) is 0. The van der Waals surface area contributed by atoms with Gasteiger partial charge in [-0.25, -0.2) is 4.98 Å². The second kappa shape index (κ2) is 6.35. The van der Waals surface area contributed by atoms with Gasteiger partial charge in [-0.15, -0.1) is 11.3 Å². The van der Waals surface area contributed by atoms with Crippen LogP contribution in [0.15, 0.2) is 41.8 Å². The lowest BCUT2D eigenvalue weighted by molar-refractivity contribution is -0.0145. The number of benzene rings is 1. The van der Waals surface area contributed by atoms with Gasteiger partial charge in [-0.1, -0.05) is 24.3 Å². The fourth-order valence-corrected chi connectivity index (χ4v) is 3.70. The number of aromatic nitrogens is 2. The van der Waals surface area contributed by atoms with Gasteiger partial charge >= 0.3 is 0 Å². The molecule has 3 aromatic rings. The maximum Gasteiger partial charge on any atom is 0.0898 e. The molecule has 1 atom stereocenters. The van der Waals surface area contributed by atoms with Gasteiger partial charge in [0.2, 0.25) is 0 Å². The number of hydrogen-bond acceptors (Lipinski definition) is 5. The van der Waals surface area contributed by atoms with Crippen LogP contribution < -0.4 is 0 Å². The Morgan fingerprint density at radius 1 is 1.22 bits per heavy atom. The van der Waals surface area contributed by atoms with Crippen molar-refractivity contribution >= 4 is 22.2 Å². The zero-order valence-corrected chi connectivity index (χ0v) is 13.9. The Morgan fingerprint density at radius 2 is 2.13 bits per heavy atom. The highest BCUT2D eigenvalue weighted by Gasteiger charge is 2.26. The molecule has 1 aromatic carbocycles. The topological polar surface area (TPSA) is 38.2 Å². The van der Waals surface area contributed by atoms with Crippen molar-refractivity contribution in [2.24, 2.45) is 0 Å². The Bertz CT molecular complexity index is 817. The fourth-order valence-electron chi connectivity index (χ4n) is 3.04. The number of rotatable bonds is 3. The van der Waals surface area contributed by atoms with Crippen molar-refractivity contribution in [3.05, 3.63) is 58.2 Å². The largest absolute Gasteiger partial charge is 0.378 e. The summed E-state index contributed by atoms with van der Waals surface area (Å²) in [6, 6.07) is 12.8. The first-order valence-corrected chi connectivity index (χ1v) is 8.76. The average Bonchev–Trinajstić information content (AvgIpc) is 3.01. The maximum atomic E-state index is 5.69. The van der Waals surface area contributed by atoms with Gasteiger partial charge in [0.1, 0.15) is 0 Å². The molecule has 1 saturated heterocycles. The van der Waals surface area contributed by atoms with Crippen molar-refractivity contribution < 1.29 is 4.74 Å². The monoisotopic (exact) mass is 325 g/mol. The average molecular weight is 325 g/mol. The Kier molecular flexibility index (Phi) is 4.08. The zero-order valence-electron chi connectivity index (χ0n) is 13.1. The van der Waals surface area contributed by atoms with E-state index in [4.69, 9.17) is 9.72 Å². The van der Waals surface area contributed by atoms with Gasteiger partial charge in [-0.3, -0.25) is 9.88 Å². The second-order valence-electron chi connectivity index (χ2n) is 5.85. The maximum absolute atomic E-state index is 5.69. The van der Waals surface area contributed by atoms with E-state index in [1.165, 1.54) is 5.39 Å². The van der Waals surface area contributed by atoms with Crippen LogP contribution in [0, 0.1) is 6.92 Å². The molecule has 0 amide bonds. The molecule has 118 valence electrons. The number of aryl methyl sites for hydroxylation is 1. The molecule has 0 radical (unpaired) electrons. The van der Waals surface area contributed by atoms with Gasteiger partial charge in [0.25, 0.3) is 0 Å². The van der Waals surface area contributed by atoms with Crippen LogP contribution in [0.3, 0.4) is 0 Å². The summed E-state index contributed by atoms with van der Waals surface area (Å²) in [6.45, 7) is 5.27. The number of nitrogens with zero attached hydrogens (tertiary/aromatic N) is 3. The van der Waals surface area contributed by atoms with Crippen LogP contribution in [0.5, 0.6) is 0 Å². The van der Waals surface area contributed by atoms with Crippen LogP contribution in [0.2, 0.25) is 0 Å². The van der Waals surface area contributed by atoms with Crippen molar-refractivity contribution in [1.82, 2.24) is 14.9 Å². The summed E-state index contributed by atoms with van der Waals surface area (Å²) in [6.07, 6.45) is 0. The number of para-hydroxylation sites is 1. The highest BCUT2D eigenvalue weighted by atomic mass is 32.1. The molecule has 0 saturated carbocycles. The van der Waals surface area contributed by atoms with E-state index < -0.39 is 0 Å². The van der Waals surface area contributed by atoms with Gasteiger partial charge in [0, 0.05) is 23.9 Å². The van der Waals surface area contributed by atoms with E-state index in [1.807, 2.05) is 19.1 Å². The minimum atomic E-state index is 0.224. The summed E-state index contributed by atoms with van der Waals surface area (Å²) in [5.41, 5.74) is 3.27. The molecule has 0 aliphatic carbocycles. The van der Waals surface area contributed by atoms with E-state index in [0.29, 0.717) is 6.61 Å². The Hall–Kier alpha value is -1.82. The van der Waals surface area contributed by atoms with Crippen molar-refractivity contribution in [3.8, 4) is 0 Å². The van der Waals surface area contributed by atoms with Gasteiger partial charge in [0.05, 0.1) is 41.2 Å². The summed E-state index contributed by atoms with van der Waals surface area (Å²) in [5, 5.41) is 4.44. The molecule has 0 N–H and O–H groups in total. The number of ether oxygens (including phenoxy) is 1. The molecule has 0 bridgehead atoms. The molecule has 4 rings (SSSR count). The summed E-state index contributed by atoms with van der Waals surface area (Å²) in [7, 11) is 0. The van der Waals surface area contributed by atoms with E-state index in [-0.39, 0.29) is 6.04 Å². The predicted octanol–water partition coefficient (Wildman–Crippen LogP) is 3.57. The van der Waals surface area contributed by atoms with Crippen molar-refractivity contribution in [3.63, 3.8) is 0 Å². The van der Waals surface area contributed by atoms with Crippen LogP contribution >= 0.6 is 11.3 Å². The molecule has 2 aromatic heterocycles. The Labute approximate surface area is 139 Å². The lowest BCUT2D eigenvalue weighted by Crippen LogP contribution is -2.39. The van der Waals surface area contributed by atoms with E-state index in [1.54, 1.807) is 11.3 Å². The van der Waals surface area contributed by atoms with E-state index in [2.05, 4.69) is 39.5 Å². The highest BCUT2D eigenvalue weighted by Crippen LogP contribution is 2.27. The first-order valence-electron chi connectivity index (χ1n) is 7.88. The molecule has 1 aliphatic rings. The summed E-state index contributed by atoms with van der Waals surface area (Å²) < 4.78 is 5.69. The van der Waals surface area contributed by atoms with Crippen molar-refractivity contribution in [1.29, 1.82) is 0 Å². The predicted molar refractivity (Wildman–Crippen MR) is 92.6 cm³/mol. The summed E-state index contributed by atoms with van der Waals surface area (Å²) in [4.78, 5) is 11.9. The number of fused-ring (bicyclic) bond motifs is 1. The molecule has 4 nitrogen and oxygen atoms in total. The molecule has 1 aliphatic heterocycles. The van der Waals surface area contributed by atoms with Gasteiger partial charge in [0.15, 0.2) is 0 Å². The number of morpholine rings is 1. The minimum absolute atomic E-state index is 0.224. The smallest absolute Gasteiger partial charge is 0.0898 e. The molecular weight excluding hydrogens is 306 g/mol. The molecule has 0 unspecified atom stereocenters. The molecule has 3 heterocycles. The number of thiazole rings is 1. The Balaban J connectivity index is 1.59. The van der Waals surface area contributed by atoms with Crippen LogP contribution in [-0.4, -0.2) is 34.6 Å². The van der Waals surface area contributed by atoms with Crippen LogP contribution in [0.25, 0.3) is 10.9 Å². The first-order chi connectivity index (χ1) is 11.3. The van der Waals surface area contributed by atoms with Crippen LogP contribution in [-0.2, 0) is 11.3 Å². The normalized spacial score (nSPS) is 19.3. The minimum Gasteiger partial charge on any atom is -0.378 e. The third-order valence-corrected chi connectivity index (χ3v) is 5.03. The van der Waals surface area contributed by atoms with Gasteiger partial charge in [-0.2, -0.15) is 0 Å². The van der Waals surface area contributed by atoms with Crippen LogP contribution in [0.4, 0.5) is 0 Å². The third kappa shape index (κ3) is 3.13. The standard InChI is InChI=1S/C18H19N3OS/c1-13-19-17(12-23-13)18-11-22-9-8-21(18)10-15-7-6-14-4-2-3-5-16(14)20-15/h2-7,12,18H,8-11H2,1H3/t18-/m0/s1. The molecule has 0 spiro atoms. The highest BCUT2D eigenvalue weighted by molar-refractivity contribution is 7.09. The fraction of sp³-hybridized carbons (Fsp3) is 0.333. The summed E-state index contributed by atoms with van der Waals surface area (Å²) >= 11 is 1.70. The first kappa shape index (κ1) is 14.8.